The Morgan fingerprint density at radius 3 is 2.63 bits per heavy atom. The molecule has 0 aliphatic carbocycles. The van der Waals surface area contributed by atoms with Crippen LogP contribution in [0.15, 0.2) is 54.7 Å². The van der Waals surface area contributed by atoms with Crippen molar-refractivity contribution in [2.45, 2.75) is 12.8 Å². The van der Waals surface area contributed by atoms with Gasteiger partial charge in [0.25, 0.3) is 0 Å². The minimum Gasteiger partial charge on any atom is -0.322 e. The second-order valence-corrected chi connectivity index (χ2v) is 7.52. The monoisotopic (exact) mass is 410 g/mol. The maximum absolute atomic E-state index is 13.7. The highest BCUT2D eigenvalue weighted by Crippen LogP contribution is 2.17. The Labute approximate surface area is 174 Å². The lowest BCUT2D eigenvalue weighted by Crippen LogP contribution is -2.50. The van der Waals surface area contributed by atoms with Crippen LogP contribution in [0.3, 0.4) is 0 Å². The first-order valence-electron chi connectivity index (χ1n) is 10.2. The Morgan fingerprint density at radius 2 is 1.83 bits per heavy atom. The highest BCUT2D eigenvalue weighted by molar-refractivity contribution is 5.89. The van der Waals surface area contributed by atoms with E-state index >= 15 is 0 Å². The number of rotatable bonds is 5. The molecule has 5 nitrogen and oxygen atoms in total. The molecule has 1 fully saturated rings. The van der Waals surface area contributed by atoms with Crippen LogP contribution in [0.5, 0.6) is 0 Å². The van der Waals surface area contributed by atoms with E-state index in [1.807, 2.05) is 24.4 Å². The number of piperazine rings is 1. The number of aromatic nitrogens is 1. The third kappa shape index (κ3) is 4.91. The van der Waals surface area contributed by atoms with Gasteiger partial charge in [-0.3, -0.25) is 9.88 Å². The summed E-state index contributed by atoms with van der Waals surface area (Å²) in [4.78, 5) is 20.8. The fraction of sp³-hybridized carbons (Fsp3) is 0.304. The van der Waals surface area contributed by atoms with Gasteiger partial charge in [0, 0.05) is 43.8 Å². The van der Waals surface area contributed by atoms with Crippen molar-refractivity contribution in [3.05, 3.63) is 71.9 Å². The quantitative estimate of drug-likeness (QED) is 0.683. The van der Waals surface area contributed by atoms with Gasteiger partial charge < -0.3 is 10.2 Å². The Morgan fingerprint density at radius 1 is 1.03 bits per heavy atom. The molecule has 7 heteroatoms. The number of pyridine rings is 1. The normalized spacial score (nSPS) is 14.8. The summed E-state index contributed by atoms with van der Waals surface area (Å²) in [5.41, 5.74) is 2.23. The maximum atomic E-state index is 13.7. The van der Waals surface area contributed by atoms with Gasteiger partial charge in [-0.25, -0.2) is 13.6 Å². The Bertz CT molecular complexity index is 1030. The van der Waals surface area contributed by atoms with Gasteiger partial charge in [0.15, 0.2) is 0 Å². The fourth-order valence-corrected chi connectivity index (χ4v) is 3.72. The Balaban J connectivity index is 1.21. The van der Waals surface area contributed by atoms with Crippen LogP contribution >= 0.6 is 0 Å². The van der Waals surface area contributed by atoms with Crippen molar-refractivity contribution in [3.63, 3.8) is 0 Å². The average Bonchev–Trinajstić information content (AvgIpc) is 2.76. The minimum atomic E-state index is -0.773. The molecule has 1 aromatic heterocycles. The molecule has 0 saturated carbocycles. The molecule has 3 aromatic rings. The lowest BCUT2D eigenvalue weighted by atomic mass is 10.1. The third-order valence-electron chi connectivity index (χ3n) is 5.42. The molecule has 1 aliphatic heterocycles. The van der Waals surface area contributed by atoms with Crippen molar-refractivity contribution < 1.29 is 13.6 Å². The molecular weight excluding hydrogens is 386 g/mol. The van der Waals surface area contributed by atoms with Crippen molar-refractivity contribution in [2.75, 3.05) is 38.0 Å². The predicted octanol–water partition coefficient (Wildman–Crippen LogP) is 4.30. The number of para-hydroxylation sites is 1. The number of fused-ring (bicyclic) bond motifs is 1. The molecule has 2 heterocycles. The van der Waals surface area contributed by atoms with Crippen LogP contribution in [0.25, 0.3) is 10.9 Å². The molecule has 0 spiro atoms. The molecule has 2 amide bonds. The van der Waals surface area contributed by atoms with E-state index in [2.05, 4.69) is 27.3 Å². The minimum absolute atomic E-state index is 0.00664. The molecule has 156 valence electrons. The molecule has 1 N–H and O–H groups in total. The maximum Gasteiger partial charge on any atom is 0.322 e. The van der Waals surface area contributed by atoms with E-state index in [0.29, 0.717) is 13.1 Å². The first kappa shape index (κ1) is 20.2. The number of urea groups is 1. The SMILES string of the molecule is O=C(Nc1ccc(F)cc1F)N1CCN(CCCc2cnc3ccccc3c2)CC1. The van der Waals surface area contributed by atoms with Gasteiger partial charge in [0.1, 0.15) is 11.6 Å². The number of aryl methyl sites for hydroxylation is 1. The van der Waals surface area contributed by atoms with Crippen LogP contribution in [0.4, 0.5) is 19.3 Å². The van der Waals surface area contributed by atoms with E-state index in [9.17, 15) is 13.6 Å². The zero-order chi connectivity index (χ0) is 20.9. The molecule has 0 unspecified atom stereocenters. The van der Waals surface area contributed by atoms with Crippen LogP contribution < -0.4 is 5.32 Å². The highest BCUT2D eigenvalue weighted by Gasteiger charge is 2.21. The standard InChI is InChI=1S/C23H24F2N4O/c24-19-7-8-22(20(25)15-19)27-23(30)29-12-10-28(11-13-29)9-3-4-17-14-18-5-1-2-6-21(18)26-16-17/h1-2,5-8,14-16H,3-4,9-13H2,(H,27,30). The molecule has 1 aliphatic rings. The van der Waals surface area contributed by atoms with Crippen LogP contribution in [-0.4, -0.2) is 53.5 Å². The van der Waals surface area contributed by atoms with Crippen LogP contribution in [0, 0.1) is 11.6 Å². The number of nitrogens with one attached hydrogen (secondary N) is 1. The highest BCUT2D eigenvalue weighted by atomic mass is 19.1. The molecule has 1 saturated heterocycles. The van der Waals surface area contributed by atoms with Gasteiger partial charge in [-0.1, -0.05) is 18.2 Å². The molecule has 4 rings (SSSR count). The summed E-state index contributed by atoms with van der Waals surface area (Å²) in [5, 5.41) is 3.68. The van der Waals surface area contributed by atoms with Crippen molar-refractivity contribution in [2.24, 2.45) is 0 Å². The molecule has 0 radical (unpaired) electrons. The van der Waals surface area contributed by atoms with Crippen LogP contribution in [0.2, 0.25) is 0 Å². The second-order valence-electron chi connectivity index (χ2n) is 7.52. The van der Waals surface area contributed by atoms with Gasteiger partial charge in [0.05, 0.1) is 11.2 Å². The number of hydrogen-bond donors (Lipinski definition) is 1. The average molecular weight is 410 g/mol. The first-order chi connectivity index (χ1) is 14.6. The van der Waals surface area contributed by atoms with Crippen LogP contribution in [-0.2, 0) is 6.42 Å². The molecular formula is C23H24F2N4O. The number of hydrogen-bond acceptors (Lipinski definition) is 3. The summed E-state index contributed by atoms with van der Waals surface area (Å²) >= 11 is 0. The summed E-state index contributed by atoms with van der Waals surface area (Å²) in [6.45, 7) is 3.65. The van der Waals surface area contributed by atoms with Gasteiger partial charge in [0.2, 0.25) is 0 Å². The van der Waals surface area contributed by atoms with E-state index in [1.54, 1.807) is 4.90 Å². The van der Waals surface area contributed by atoms with E-state index in [1.165, 1.54) is 11.6 Å². The Kier molecular flexibility index (Phi) is 6.18. The molecule has 0 bridgehead atoms. The van der Waals surface area contributed by atoms with Gasteiger partial charge >= 0.3 is 6.03 Å². The third-order valence-corrected chi connectivity index (χ3v) is 5.42. The summed E-state index contributed by atoms with van der Waals surface area (Å²) in [5.74, 6) is -1.44. The number of anilines is 1. The number of benzene rings is 2. The van der Waals surface area contributed by atoms with E-state index in [4.69, 9.17) is 0 Å². The van der Waals surface area contributed by atoms with E-state index < -0.39 is 11.6 Å². The number of amides is 2. The number of nitrogens with zero attached hydrogens (tertiary/aromatic N) is 3. The first-order valence-corrected chi connectivity index (χ1v) is 10.2. The number of halogens is 2. The summed E-state index contributed by atoms with van der Waals surface area (Å²) in [6.07, 6.45) is 3.93. The summed E-state index contributed by atoms with van der Waals surface area (Å²) in [7, 11) is 0. The van der Waals surface area contributed by atoms with Crippen molar-refractivity contribution in [1.29, 1.82) is 0 Å². The lowest BCUT2D eigenvalue weighted by Gasteiger charge is -2.34. The van der Waals surface area contributed by atoms with E-state index in [0.717, 1.165) is 55.5 Å². The fourth-order valence-electron chi connectivity index (χ4n) is 3.72. The second kappa shape index (κ2) is 9.17. The van der Waals surface area contributed by atoms with Gasteiger partial charge in [-0.05, 0) is 49.2 Å². The zero-order valence-electron chi connectivity index (χ0n) is 16.7. The number of carbonyl (C=O) groups excluding carboxylic acids is 1. The Hall–Kier alpha value is -3.06. The van der Waals surface area contributed by atoms with Crippen molar-refractivity contribution in [3.8, 4) is 0 Å². The molecule has 30 heavy (non-hydrogen) atoms. The van der Waals surface area contributed by atoms with Crippen molar-refractivity contribution in [1.82, 2.24) is 14.8 Å². The van der Waals surface area contributed by atoms with Crippen molar-refractivity contribution >= 4 is 22.6 Å². The number of carbonyl (C=O) groups is 1. The summed E-state index contributed by atoms with van der Waals surface area (Å²) in [6, 6.07) is 13.1. The van der Waals surface area contributed by atoms with E-state index in [-0.39, 0.29) is 11.7 Å². The predicted molar refractivity (Wildman–Crippen MR) is 113 cm³/mol. The smallest absolute Gasteiger partial charge is 0.322 e. The molecule has 0 atom stereocenters. The van der Waals surface area contributed by atoms with Crippen LogP contribution in [0.1, 0.15) is 12.0 Å². The largest absolute Gasteiger partial charge is 0.322 e. The van der Waals surface area contributed by atoms with Gasteiger partial charge in [-0.15, -0.1) is 0 Å². The topological polar surface area (TPSA) is 48.5 Å². The zero-order valence-corrected chi connectivity index (χ0v) is 16.7. The summed E-state index contributed by atoms with van der Waals surface area (Å²) < 4.78 is 26.7. The molecule has 2 aromatic carbocycles. The lowest BCUT2D eigenvalue weighted by molar-refractivity contribution is 0.146. The van der Waals surface area contributed by atoms with Gasteiger partial charge in [-0.2, -0.15) is 0 Å².